The summed E-state index contributed by atoms with van der Waals surface area (Å²) in [5.41, 5.74) is 8.16. The van der Waals surface area contributed by atoms with E-state index in [-0.39, 0.29) is 12.1 Å². The largest absolute Gasteiger partial charge is 0.493 e. The lowest BCUT2D eigenvalue weighted by Gasteiger charge is -2.49. The number of aryl methyl sites for hydroxylation is 2. The molecule has 6 nitrogen and oxygen atoms in total. The standard InChI is InChI=1S/C36H44N2O4/c1-6-25-22-37-14-12-26-16-23(2)24(3)17-30(26)32(37)18-28(25)19-33-31-21-35(41-5)34(40-4)20-27(31)13-15-38(33)36(39)42-29-10-8-7-9-11-29/h7-11,16-17,20-21,25,28,32-33H,6,12-15,18-19,22H2,1-5H3. The Morgan fingerprint density at radius 1 is 0.857 bits per heavy atom. The Morgan fingerprint density at radius 3 is 2.29 bits per heavy atom. The molecule has 3 aliphatic rings. The first-order valence-corrected chi connectivity index (χ1v) is 15.5. The number of hydrogen-bond donors (Lipinski definition) is 0. The molecule has 3 aromatic carbocycles. The van der Waals surface area contributed by atoms with E-state index in [0.717, 1.165) is 56.5 Å². The van der Waals surface area contributed by atoms with Gasteiger partial charge in [-0.25, -0.2) is 4.79 Å². The monoisotopic (exact) mass is 568 g/mol. The summed E-state index contributed by atoms with van der Waals surface area (Å²) in [5.74, 6) is 3.06. The van der Waals surface area contributed by atoms with Crippen LogP contribution < -0.4 is 14.2 Å². The van der Waals surface area contributed by atoms with Crippen molar-refractivity contribution in [1.29, 1.82) is 0 Å². The molecule has 6 heteroatoms. The predicted molar refractivity (Wildman–Crippen MR) is 166 cm³/mol. The Labute approximate surface area is 250 Å². The third-order valence-electron chi connectivity index (χ3n) is 10.1. The van der Waals surface area contributed by atoms with Crippen LogP contribution in [0.4, 0.5) is 4.79 Å². The normalized spacial score (nSPS) is 23.4. The summed E-state index contributed by atoms with van der Waals surface area (Å²) in [7, 11) is 3.36. The average Bonchev–Trinajstić information content (AvgIpc) is 3.01. The smallest absolute Gasteiger partial charge is 0.415 e. The minimum absolute atomic E-state index is 0.0989. The van der Waals surface area contributed by atoms with Crippen LogP contribution in [-0.2, 0) is 12.8 Å². The molecule has 1 fully saturated rings. The van der Waals surface area contributed by atoms with Crippen molar-refractivity contribution in [2.75, 3.05) is 33.9 Å². The van der Waals surface area contributed by atoms with Gasteiger partial charge in [-0.1, -0.05) is 43.7 Å². The van der Waals surface area contributed by atoms with Crippen molar-refractivity contribution in [3.8, 4) is 17.2 Å². The van der Waals surface area contributed by atoms with Crippen molar-refractivity contribution >= 4 is 6.09 Å². The second-order valence-electron chi connectivity index (χ2n) is 12.3. The molecule has 4 unspecified atom stereocenters. The number of rotatable bonds is 6. The van der Waals surface area contributed by atoms with Crippen LogP contribution in [0.5, 0.6) is 17.2 Å². The third kappa shape index (κ3) is 5.37. The van der Waals surface area contributed by atoms with Gasteiger partial charge in [0.05, 0.1) is 20.3 Å². The van der Waals surface area contributed by atoms with E-state index >= 15 is 0 Å². The molecule has 0 radical (unpaired) electrons. The second-order valence-corrected chi connectivity index (χ2v) is 12.3. The Hall–Kier alpha value is -3.51. The number of nitrogens with zero attached hydrogens (tertiary/aromatic N) is 2. The topological polar surface area (TPSA) is 51.2 Å². The molecule has 0 aromatic heterocycles. The van der Waals surface area contributed by atoms with Crippen LogP contribution in [0.25, 0.3) is 0 Å². The first kappa shape index (κ1) is 28.6. The van der Waals surface area contributed by atoms with E-state index in [0.29, 0.717) is 35.9 Å². The first-order chi connectivity index (χ1) is 20.4. The lowest BCUT2D eigenvalue weighted by Crippen LogP contribution is -2.48. The predicted octanol–water partition coefficient (Wildman–Crippen LogP) is 7.45. The number of amides is 1. The Morgan fingerprint density at radius 2 is 1.55 bits per heavy atom. The minimum atomic E-state index is -0.286. The molecule has 0 aliphatic carbocycles. The van der Waals surface area contributed by atoms with Gasteiger partial charge in [-0.2, -0.15) is 0 Å². The first-order valence-electron chi connectivity index (χ1n) is 15.5. The van der Waals surface area contributed by atoms with Gasteiger partial charge in [0.25, 0.3) is 0 Å². The number of methoxy groups -OCH3 is 2. The fraction of sp³-hybridized carbons (Fsp3) is 0.472. The van der Waals surface area contributed by atoms with Crippen LogP contribution in [0.1, 0.15) is 71.7 Å². The zero-order valence-corrected chi connectivity index (χ0v) is 25.7. The van der Waals surface area contributed by atoms with Crippen molar-refractivity contribution in [2.24, 2.45) is 11.8 Å². The Balaban J connectivity index is 1.35. The molecular formula is C36H44N2O4. The summed E-state index contributed by atoms with van der Waals surface area (Å²) in [6.45, 7) is 9.64. The molecule has 6 rings (SSSR count). The van der Waals surface area contributed by atoms with Gasteiger partial charge >= 0.3 is 6.09 Å². The van der Waals surface area contributed by atoms with Gasteiger partial charge in [0.2, 0.25) is 0 Å². The van der Waals surface area contributed by atoms with Crippen LogP contribution in [-0.4, -0.2) is 49.7 Å². The van der Waals surface area contributed by atoms with Crippen LogP contribution in [0.3, 0.4) is 0 Å². The number of piperidine rings is 1. The van der Waals surface area contributed by atoms with E-state index in [9.17, 15) is 4.79 Å². The summed E-state index contributed by atoms with van der Waals surface area (Å²) in [5, 5.41) is 0. The number of hydrogen-bond acceptors (Lipinski definition) is 5. The zero-order valence-electron chi connectivity index (χ0n) is 25.7. The average molecular weight is 569 g/mol. The van der Waals surface area contributed by atoms with E-state index in [1.54, 1.807) is 14.2 Å². The summed E-state index contributed by atoms with van der Waals surface area (Å²) in [6, 6.07) is 18.8. The second kappa shape index (κ2) is 12.0. The quantitative estimate of drug-likeness (QED) is 0.309. The van der Waals surface area contributed by atoms with Crippen molar-refractivity contribution < 1.29 is 19.0 Å². The van der Waals surface area contributed by atoms with Crippen molar-refractivity contribution in [2.45, 2.75) is 65.0 Å². The summed E-state index contributed by atoms with van der Waals surface area (Å²) in [6.07, 6.45) is 4.73. The highest BCUT2D eigenvalue weighted by Gasteiger charge is 2.42. The highest BCUT2D eigenvalue weighted by atomic mass is 16.6. The number of carbonyl (C=O) groups is 1. The number of carbonyl (C=O) groups excluding carboxylic acids is 1. The SMILES string of the molecule is CCC1CN2CCc3cc(C)c(C)cc3C2CC1CC1c2cc(OC)c(OC)cc2CCN1C(=O)Oc1ccccc1. The van der Waals surface area contributed by atoms with Crippen LogP contribution in [0, 0.1) is 25.7 Å². The van der Waals surface area contributed by atoms with Crippen LogP contribution >= 0.6 is 0 Å². The third-order valence-corrected chi connectivity index (χ3v) is 10.1. The molecule has 0 N–H and O–H groups in total. The van der Waals surface area contributed by atoms with E-state index in [1.165, 1.54) is 27.8 Å². The molecule has 0 saturated carbocycles. The Bertz CT molecular complexity index is 1440. The van der Waals surface area contributed by atoms with E-state index in [4.69, 9.17) is 14.2 Å². The Kier molecular flexibility index (Phi) is 8.17. The lowest BCUT2D eigenvalue weighted by molar-refractivity contribution is 0.0324. The zero-order chi connectivity index (χ0) is 29.4. The fourth-order valence-electron chi connectivity index (χ4n) is 7.65. The van der Waals surface area contributed by atoms with Gasteiger partial charge in [-0.15, -0.1) is 0 Å². The van der Waals surface area contributed by atoms with E-state index in [1.807, 2.05) is 35.2 Å². The molecule has 0 spiro atoms. The number of fused-ring (bicyclic) bond motifs is 4. The van der Waals surface area contributed by atoms with E-state index < -0.39 is 0 Å². The molecular weight excluding hydrogens is 524 g/mol. The molecule has 222 valence electrons. The molecule has 42 heavy (non-hydrogen) atoms. The number of para-hydroxylation sites is 1. The highest BCUT2D eigenvalue weighted by Crippen LogP contribution is 2.48. The molecule has 1 saturated heterocycles. The maximum absolute atomic E-state index is 13.8. The van der Waals surface area contributed by atoms with Crippen molar-refractivity contribution in [1.82, 2.24) is 9.80 Å². The summed E-state index contributed by atoms with van der Waals surface area (Å²) in [4.78, 5) is 18.4. The molecule has 3 aliphatic heterocycles. The summed E-state index contributed by atoms with van der Waals surface area (Å²) < 4.78 is 17.3. The van der Waals surface area contributed by atoms with Gasteiger partial charge < -0.3 is 19.1 Å². The lowest BCUT2D eigenvalue weighted by atomic mass is 9.72. The maximum atomic E-state index is 13.8. The minimum Gasteiger partial charge on any atom is -0.493 e. The molecule has 4 atom stereocenters. The van der Waals surface area contributed by atoms with Crippen molar-refractivity contribution in [3.05, 3.63) is 88.0 Å². The van der Waals surface area contributed by atoms with Gasteiger partial charge in [0.15, 0.2) is 11.5 Å². The van der Waals surface area contributed by atoms with Gasteiger partial charge in [-0.3, -0.25) is 4.90 Å². The molecule has 1 amide bonds. The van der Waals surface area contributed by atoms with Crippen LogP contribution in [0.15, 0.2) is 54.6 Å². The number of ether oxygens (including phenoxy) is 3. The van der Waals surface area contributed by atoms with E-state index in [2.05, 4.69) is 49.9 Å². The molecule has 0 bridgehead atoms. The fourth-order valence-corrected chi connectivity index (χ4v) is 7.65. The van der Waals surface area contributed by atoms with Gasteiger partial charge in [0.1, 0.15) is 5.75 Å². The maximum Gasteiger partial charge on any atom is 0.415 e. The van der Waals surface area contributed by atoms with Gasteiger partial charge in [-0.05, 0) is 109 Å². The number of benzene rings is 3. The molecule has 3 aromatic rings. The highest BCUT2D eigenvalue weighted by molar-refractivity contribution is 5.72. The van der Waals surface area contributed by atoms with Crippen molar-refractivity contribution in [3.63, 3.8) is 0 Å². The summed E-state index contributed by atoms with van der Waals surface area (Å²) >= 11 is 0. The molecule has 3 heterocycles. The van der Waals surface area contributed by atoms with Crippen LogP contribution in [0.2, 0.25) is 0 Å². The van der Waals surface area contributed by atoms with Gasteiger partial charge in [0, 0.05) is 25.7 Å².